The van der Waals surface area contributed by atoms with Crippen molar-refractivity contribution in [2.24, 2.45) is 5.73 Å². The number of halogens is 3. The lowest BCUT2D eigenvalue weighted by Gasteiger charge is -2.29. The second-order valence-corrected chi connectivity index (χ2v) is 3.77. The molecule has 0 aliphatic carbocycles. The molecular weight excluding hydrogens is 249 g/mol. The molecule has 0 spiro atoms. The van der Waals surface area contributed by atoms with Crippen molar-refractivity contribution in [2.75, 3.05) is 14.1 Å². The maximum absolute atomic E-state index is 12.8. The fraction of sp³-hybridized carbons (Fsp3) is 0.700. The highest BCUT2D eigenvalue weighted by atomic mass is 19.4. The molecule has 0 saturated heterocycles. The summed E-state index contributed by atoms with van der Waals surface area (Å²) in [6.45, 7) is 1.46. The summed E-state index contributed by atoms with van der Waals surface area (Å²) in [4.78, 5) is 4.75. The first-order chi connectivity index (χ1) is 8.20. The highest BCUT2D eigenvalue weighted by Crippen LogP contribution is 2.27. The molecule has 0 aromatic carbocycles. The third-order valence-electron chi connectivity index (χ3n) is 2.12. The molecule has 106 valence electrons. The quantitative estimate of drug-likeness (QED) is 0.385. The van der Waals surface area contributed by atoms with E-state index in [4.69, 9.17) is 16.0 Å². The van der Waals surface area contributed by atoms with Crippen molar-refractivity contribution in [2.45, 2.75) is 31.6 Å². The molecule has 1 unspecified atom stereocenters. The van der Waals surface area contributed by atoms with E-state index in [0.717, 1.165) is 7.05 Å². The molecule has 0 aliphatic heterocycles. The van der Waals surface area contributed by atoms with Crippen molar-refractivity contribution in [1.82, 2.24) is 10.4 Å². The normalized spacial score (nSPS) is 15.8. The van der Waals surface area contributed by atoms with Crippen LogP contribution in [0.4, 0.5) is 13.2 Å². The highest BCUT2D eigenvalue weighted by Gasteiger charge is 2.43. The molecule has 0 aromatic heterocycles. The summed E-state index contributed by atoms with van der Waals surface area (Å²) in [6.07, 6.45) is -1.99. The van der Waals surface area contributed by atoms with E-state index in [1.165, 1.54) is 19.2 Å². The third-order valence-corrected chi connectivity index (χ3v) is 2.12. The Bertz CT molecular complexity index is 291. The molecule has 0 saturated carbocycles. The van der Waals surface area contributed by atoms with Crippen LogP contribution in [0.2, 0.25) is 0 Å². The number of rotatable bonds is 6. The van der Waals surface area contributed by atoms with Gasteiger partial charge in [-0.3, -0.25) is 5.41 Å². The van der Waals surface area contributed by atoms with Gasteiger partial charge in [-0.05, 0) is 19.5 Å². The Hall–Kier alpha value is -1.28. The van der Waals surface area contributed by atoms with Crippen LogP contribution >= 0.6 is 0 Å². The topological polar surface area (TPSA) is 74.4 Å². The summed E-state index contributed by atoms with van der Waals surface area (Å²) in [6, 6.07) is -2.59. The van der Waals surface area contributed by atoms with Gasteiger partial charge in [0.2, 0.25) is 5.90 Å². The molecular formula is C10H19F3N4O. The summed E-state index contributed by atoms with van der Waals surface area (Å²) in [5, 5.41) is 10.5. The number of nitrogens with two attached hydrogens (primary N) is 1. The fourth-order valence-electron chi connectivity index (χ4n) is 1.10. The number of hydrogen-bond donors (Lipinski definition) is 3. The van der Waals surface area contributed by atoms with Crippen molar-refractivity contribution >= 4 is 5.90 Å². The Kier molecular flexibility index (Phi) is 6.71. The minimum absolute atomic E-state index is 0.285. The van der Waals surface area contributed by atoms with E-state index in [9.17, 15) is 13.2 Å². The lowest BCUT2D eigenvalue weighted by Crippen LogP contribution is -2.46. The Morgan fingerprint density at radius 1 is 1.56 bits per heavy atom. The second-order valence-electron chi connectivity index (χ2n) is 3.77. The van der Waals surface area contributed by atoms with Crippen molar-refractivity contribution in [3.63, 3.8) is 0 Å². The van der Waals surface area contributed by atoms with Gasteiger partial charge in [0.1, 0.15) is 6.04 Å². The molecule has 0 aromatic rings. The summed E-state index contributed by atoms with van der Waals surface area (Å²) in [7, 11) is 2.72. The Balaban J connectivity index is 4.65. The molecule has 18 heavy (non-hydrogen) atoms. The predicted molar refractivity (Wildman–Crippen MR) is 62.9 cm³/mol. The third kappa shape index (κ3) is 5.87. The largest absolute Gasteiger partial charge is 0.407 e. The van der Waals surface area contributed by atoms with Crippen LogP contribution in [0.5, 0.6) is 0 Å². The van der Waals surface area contributed by atoms with E-state index < -0.39 is 24.2 Å². The van der Waals surface area contributed by atoms with Gasteiger partial charge in [-0.15, -0.1) is 5.06 Å². The Labute approximate surface area is 104 Å². The first-order valence-electron chi connectivity index (χ1n) is 5.34. The smallest absolute Gasteiger partial charge is 0.394 e. The molecule has 4 N–H and O–H groups in total. The lowest BCUT2D eigenvalue weighted by molar-refractivity contribution is -0.234. The van der Waals surface area contributed by atoms with Crippen LogP contribution < -0.4 is 11.1 Å². The SMILES string of the molecule is CN/C=C\CC(N(C)OC(=N)[C@H](C)N)C(F)(F)F. The molecule has 8 heteroatoms. The van der Waals surface area contributed by atoms with E-state index in [0.29, 0.717) is 5.06 Å². The molecule has 0 heterocycles. The minimum Gasteiger partial charge on any atom is -0.394 e. The molecule has 0 rings (SSSR count). The zero-order chi connectivity index (χ0) is 14.3. The van der Waals surface area contributed by atoms with Crippen LogP contribution in [0.15, 0.2) is 12.3 Å². The van der Waals surface area contributed by atoms with E-state index in [2.05, 4.69) is 5.32 Å². The maximum atomic E-state index is 12.8. The van der Waals surface area contributed by atoms with Crippen LogP contribution in [0.25, 0.3) is 0 Å². The van der Waals surface area contributed by atoms with Crippen LogP contribution in [-0.2, 0) is 4.84 Å². The highest BCUT2D eigenvalue weighted by molar-refractivity contribution is 5.77. The second kappa shape index (κ2) is 7.22. The Morgan fingerprint density at radius 2 is 2.11 bits per heavy atom. The average molecular weight is 268 g/mol. The molecule has 0 bridgehead atoms. The van der Waals surface area contributed by atoms with Gasteiger partial charge in [0, 0.05) is 14.1 Å². The predicted octanol–water partition coefficient (Wildman–Crippen LogP) is 1.23. The van der Waals surface area contributed by atoms with Gasteiger partial charge >= 0.3 is 6.18 Å². The fourth-order valence-corrected chi connectivity index (χ4v) is 1.10. The molecule has 5 nitrogen and oxygen atoms in total. The first kappa shape index (κ1) is 16.7. The number of nitrogens with zero attached hydrogens (tertiary/aromatic N) is 1. The molecule has 0 radical (unpaired) electrons. The van der Waals surface area contributed by atoms with Gasteiger partial charge in [-0.25, -0.2) is 0 Å². The standard InChI is InChI=1S/C10H19F3N4O/c1-7(14)9(15)18-17(3)8(10(11,12)13)5-4-6-16-2/h4,6-8,15-16H,5,14H2,1-3H3/b6-4-,15-9?/t7-,8?/m0/s1. The van der Waals surface area contributed by atoms with Crippen molar-refractivity contribution in [1.29, 1.82) is 5.41 Å². The van der Waals surface area contributed by atoms with Crippen LogP contribution in [0.3, 0.4) is 0 Å². The van der Waals surface area contributed by atoms with Crippen molar-refractivity contribution in [3.8, 4) is 0 Å². The molecule has 0 amide bonds. The summed E-state index contributed by atoms with van der Waals surface area (Å²) >= 11 is 0. The number of hydroxylamine groups is 2. The first-order valence-corrected chi connectivity index (χ1v) is 5.34. The monoisotopic (exact) mass is 268 g/mol. The summed E-state index contributed by atoms with van der Waals surface area (Å²) in [5.74, 6) is -0.413. The number of hydrogen-bond acceptors (Lipinski definition) is 5. The van der Waals surface area contributed by atoms with Gasteiger partial charge in [0.25, 0.3) is 0 Å². The minimum atomic E-state index is -4.45. The van der Waals surface area contributed by atoms with Gasteiger partial charge in [-0.1, -0.05) is 6.08 Å². The van der Waals surface area contributed by atoms with Crippen molar-refractivity contribution < 1.29 is 18.0 Å². The average Bonchev–Trinajstić information content (AvgIpc) is 2.22. The zero-order valence-corrected chi connectivity index (χ0v) is 10.6. The van der Waals surface area contributed by atoms with E-state index in [-0.39, 0.29) is 6.42 Å². The van der Waals surface area contributed by atoms with Crippen molar-refractivity contribution in [3.05, 3.63) is 12.3 Å². The lowest BCUT2D eigenvalue weighted by atomic mass is 10.2. The zero-order valence-electron chi connectivity index (χ0n) is 10.6. The summed E-state index contributed by atoms with van der Waals surface area (Å²) < 4.78 is 38.3. The molecule has 0 fully saturated rings. The molecule has 0 aliphatic rings. The number of alkyl halides is 3. The van der Waals surface area contributed by atoms with Gasteiger partial charge in [0.05, 0.1) is 6.04 Å². The summed E-state index contributed by atoms with van der Waals surface area (Å²) in [5.41, 5.74) is 5.33. The maximum Gasteiger partial charge on any atom is 0.407 e. The van der Waals surface area contributed by atoms with Gasteiger partial charge in [0.15, 0.2) is 0 Å². The number of nitrogens with one attached hydrogen (secondary N) is 2. The molecule has 2 atom stereocenters. The van der Waals surface area contributed by atoms with E-state index in [1.54, 1.807) is 7.05 Å². The van der Waals surface area contributed by atoms with Crippen LogP contribution in [-0.4, -0.2) is 43.3 Å². The van der Waals surface area contributed by atoms with Crippen LogP contribution in [0, 0.1) is 5.41 Å². The van der Waals surface area contributed by atoms with E-state index in [1.807, 2.05) is 0 Å². The van der Waals surface area contributed by atoms with Crippen LogP contribution in [0.1, 0.15) is 13.3 Å². The van der Waals surface area contributed by atoms with Gasteiger partial charge in [-0.2, -0.15) is 13.2 Å². The van der Waals surface area contributed by atoms with Gasteiger partial charge < -0.3 is 15.9 Å². The Morgan fingerprint density at radius 3 is 2.50 bits per heavy atom. The van der Waals surface area contributed by atoms with E-state index >= 15 is 0 Å².